The summed E-state index contributed by atoms with van der Waals surface area (Å²) in [5.41, 5.74) is 5.34. The van der Waals surface area contributed by atoms with E-state index >= 15 is 0 Å². The van der Waals surface area contributed by atoms with Crippen LogP contribution in [0.25, 0.3) is 0 Å². The van der Waals surface area contributed by atoms with E-state index in [1.165, 1.54) is 19.3 Å². The van der Waals surface area contributed by atoms with E-state index in [0.29, 0.717) is 32.1 Å². The molecule has 0 heterocycles. The van der Waals surface area contributed by atoms with Gasteiger partial charge in [0.05, 0.1) is 25.4 Å². The average Bonchev–Trinajstić information content (AvgIpc) is 3.47. The molecule has 0 radical (unpaired) electrons. The lowest BCUT2D eigenvalue weighted by Gasteiger charge is -2.19. The van der Waals surface area contributed by atoms with Crippen LogP contribution in [0.4, 0.5) is 0 Å². The fourth-order valence-electron chi connectivity index (χ4n) is 6.39. The number of ketones is 1. The van der Waals surface area contributed by atoms with Gasteiger partial charge in [-0.1, -0.05) is 120 Å². The van der Waals surface area contributed by atoms with Crippen molar-refractivity contribution in [1.82, 2.24) is 0 Å². The Hall–Kier alpha value is -2.70. The van der Waals surface area contributed by atoms with Crippen molar-refractivity contribution in [2.45, 2.75) is 167 Å². The van der Waals surface area contributed by atoms with Crippen molar-refractivity contribution in [3.05, 3.63) is 60.8 Å². The lowest BCUT2D eigenvalue weighted by Crippen LogP contribution is -2.29. The van der Waals surface area contributed by atoms with E-state index in [1.54, 1.807) is 12.2 Å². The molecule has 1 aliphatic carbocycles. The third-order valence-electron chi connectivity index (χ3n) is 9.74. The maximum Gasteiger partial charge on any atom is 0.472 e. The Bertz CT molecular complexity index is 1300. The minimum atomic E-state index is -4.46. The lowest BCUT2D eigenvalue weighted by molar-refractivity contribution is -0.161. The average molecular weight is 838 g/mol. The molecule has 0 saturated heterocycles. The molecular weight excluding hydrogens is 761 g/mol. The number of nitrogens with two attached hydrogens (primary N) is 1. The number of hydrogen-bond acceptors (Lipinski definition) is 11. The minimum Gasteiger partial charge on any atom is -0.462 e. The Morgan fingerprint density at radius 2 is 1.40 bits per heavy atom. The summed E-state index contributed by atoms with van der Waals surface area (Å²) in [6, 6.07) is 0. The summed E-state index contributed by atoms with van der Waals surface area (Å²) in [7, 11) is -4.46. The zero-order valence-electron chi connectivity index (χ0n) is 35.5. The number of aliphatic hydroxyl groups excluding tert-OH is 2. The van der Waals surface area contributed by atoms with E-state index in [1.807, 2.05) is 12.2 Å². The molecule has 1 unspecified atom stereocenters. The van der Waals surface area contributed by atoms with Gasteiger partial charge < -0.3 is 30.3 Å². The molecule has 1 saturated carbocycles. The van der Waals surface area contributed by atoms with Crippen molar-refractivity contribution in [3.8, 4) is 0 Å². The first-order valence-corrected chi connectivity index (χ1v) is 23.4. The number of aliphatic hydroxyl groups is 2. The van der Waals surface area contributed by atoms with Crippen molar-refractivity contribution in [2.75, 3.05) is 26.4 Å². The van der Waals surface area contributed by atoms with Crippen LogP contribution in [0.15, 0.2) is 60.8 Å². The second-order valence-corrected chi connectivity index (χ2v) is 16.4. The molecule has 1 rings (SSSR count). The number of ether oxygens (including phenoxy) is 2. The second-order valence-electron chi connectivity index (χ2n) is 15.0. The van der Waals surface area contributed by atoms with Crippen molar-refractivity contribution in [3.63, 3.8) is 0 Å². The van der Waals surface area contributed by atoms with Crippen LogP contribution in [0.3, 0.4) is 0 Å². The Morgan fingerprint density at radius 1 is 0.793 bits per heavy atom. The number of carbonyl (C=O) groups excluding carboxylic acids is 3. The fraction of sp³-hybridized carbons (Fsp3) is 0.711. The van der Waals surface area contributed by atoms with Crippen LogP contribution in [-0.2, 0) is 37.5 Å². The maximum atomic E-state index is 12.7. The number of carbonyl (C=O) groups is 3. The molecule has 5 N–H and O–H groups in total. The summed E-state index contributed by atoms with van der Waals surface area (Å²) in [5, 5.41) is 20.7. The maximum absolute atomic E-state index is 12.7. The molecule has 0 spiro atoms. The first kappa shape index (κ1) is 53.3. The van der Waals surface area contributed by atoms with E-state index in [0.717, 1.165) is 64.2 Å². The highest BCUT2D eigenvalue weighted by Crippen LogP contribution is 2.43. The smallest absolute Gasteiger partial charge is 0.462 e. The molecule has 13 heteroatoms. The topological polar surface area (TPSA) is 192 Å². The predicted molar refractivity (Wildman–Crippen MR) is 230 cm³/mol. The van der Waals surface area contributed by atoms with Crippen LogP contribution in [-0.4, -0.2) is 77.5 Å². The summed E-state index contributed by atoms with van der Waals surface area (Å²) in [4.78, 5) is 47.6. The van der Waals surface area contributed by atoms with Crippen molar-refractivity contribution in [2.24, 2.45) is 17.6 Å². The Labute approximate surface area is 349 Å². The van der Waals surface area contributed by atoms with E-state index in [2.05, 4.69) is 50.3 Å². The van der Waals surface area contributed by atoms with Crippen molar-refractivity contribution < 1.29 is 52.6 Å². The molecule has 0 amide bonds. The highest BCUT2D eigenvalue weighted by atomic mass is 31.2. The Morgan fingerprint density at radius 3 is 2.09 bits per heavy atom. The van der Waals surface area contributed by atoms with Gasteiger partial charge in [0.1, 0.15) is 12.4 Å². The molecule has 0 bridgehead atoms. The minimum absolute atomic E-state index is 0.00410. The molecule has 12 nitrogen and oxygen atoms in total. The van der Waals surface area contributed by atoms with Gasteiger partial charge in [0.2, 0.25) is 0 Å². The van der Waals surface area contributed by atoms with Crippen LogP contribution in [0.5, 0.6) is 0 Å². The van der Waals surface area contributed by atoms with Crippen LogP contribution in [0.2, 0.25) is 0 Å². The molecule has 58 heavy (non-hydrogen) atoms. The van der Waals surface area contributed by atoms with Gasteiger partial charge in [-0.05, 0) is 70.6 Å². The first-order valence-electron chi connectivity index (χ1n) is 21.9. The Kier molecular flexibility index (Phi) is 32.3. The SMILES string of the molecule is CCCCC/C=C\C/C=C\C/C=C\CCCCCCC(=O)OC[C@H](COP(=O)(O)OCCN)OC(=O)CCC/C=C\C[C@H]1C(=O)C[C@@H](O)[C@@H]1/C=C/[C@@H](O)CCCCC. The van der Waals surface area contributed by atoms with Gasteiger partial charge in [-0.3, -0.25) is 23.4 Å². The molecule has 1 aliphatic rings. The second kappa shape index (κ2) is 35.1. The van der Waals surface area contributed by atoms with Gasteiger partial charge in [-0.15, -0.1) is 0 Å². The standard InChI is InChI=1S/C45H76NO11P/c1-3-5-7-8-9-10-11-12-13-14-15-16-17-18-19-20-25-29-44(50)54-36-39(37-56-58(52,53)55-34-33-46)57-45(51)30-26-22-21-24-28-40-41(43(49)35-42(40)48)32-31-38(47)27-23-6-4-2/h9-10,12-13,15-16,21,24,31-32,38-41,43,47,49H,3-8,11,14,17-20,22-23,25-30,33-37,46H2,1-2H3,(H,52,53)/b10-9-,13-12-,16-15-,24-21-,32-31+/t38-,39+,40+,41+,43+/m0/s1. The number of phosphoric acid groups is 1. The molecule has 0 aromatic heterocycles. The fourth-order valence-corrected chi connectivity index (χ4v) is 7.15. The quantitative estimate of drug-likeness (QED) is 0.0203. The van der Waals surface area contributed by atoms with Crippen LogP contribution < -0.4 is 5.73 Å². The Balaban J connectivity index is 2.43. The molecule has 0 aliphatic heterocycles. The third kappa shape index (κ3) is 28.7. The van der Waals surface area contributed by atoms with Gasteiger partial charge in [0, 0.05) is 37.6 Å². The first-order chi connectivity index (χ1) is 28.0. The zero-order chi connectivity index (χ0) is 42.7. The monoisotopic (exact) mass is 838 g/mol. The summed E-state index contributed by atoms with van der Waals surface area (Å²) < 4.78 is 32.7. The number of unbranched alkanes of at least 4 members (excludes halogenated alkanes) is 10. The van der Waals surface area contributed by atoms with E-state index in [-0.39, 0.29) is 56.6 Å². The van der Waals surface area contributed by atoms with Gasteiger partial charge >= 0.3 is 19.8 Å². The predicted octanol–water partition coefficient (Wildman–Crippen LogP) is 9.08. The molecule has 1 fully saturated rings. The normalized spacial score (nSPS) is 19.6. The highest BCUT2D eigenvalue weighted by Gasteiger charge is 2.39. The van der Waals surface area contributed by atoms with Gasteiger partial charge in [-0.2, -0.15) is 0 Å². The summed E-state index contributed by atoms with van der Waals surface area (Å²) >= 11 is 0. The summed E-state index contributed by atoms with van der Waals surface area (Å²) in [5.74, 6) is -1.81. The van der Waals surface area contributed by atoms with E-state index in [4.69, 9.17) is 24.3 Å². The van der Waals surface area contributed by atoms with Crippen LogP contribution >= 0.6 is 7.82 Å². The van der Waals surface area contributed by atoms with Crippen molar-refractivity contribution >= 4 is 25.5 Å². The molecular formula is C45H76NO11P. The number of allylic oxidation sites excluding steroid dienone is 8. The summed E-state index contributed by atoms with van der Waals surface area (Å²) in [6.07, 6.45) is 34.7. The number of esters is 2. The molecule has 0 aromatic rings. The van der Waals surface area contributed by atoms with Gasteiger partial charge in [-0.25, -0.2) is 4.57 Å². The van der Waals surface area contributed by atoms with Crippen LogP contribution in [0.1, 0.15) is 149 Å². The lowest BCUT2D eigenvalue weighted by atomic mass is 9.90. The largest absolute Gasteiger partial charge is 0.472 e. The number of hydrogen-bond donors (Lipinski definition) is 4. The molecule has 6 atom stereocenters. The third-order valence-corrected chi connectivity index (χ3v) is 10.7. The zero-order valence-corrected chi connectivity index (χ0v) is 36.4. The van der Waals surface area contributed by atoms with Gasteiger partial charge in [0.15, 0.2) is 6.10 Å². The number of Topliss-reactive ketones (excluding diaryl/α,β-unsaturated/α-hetero) is 1. The van der Waals surface area contributed by atoms with E-state index < -0.39 is 44.7 Å². The van der Waals surface area contributed by atoms with E-state index in [9.17, 15) is 34.1 Å². The summed E-state index contributed by atoms with van der Waals surface area (Å²) in [6.45, 7) is 3.24. The number of phosphoric ester groups is 1. The molecule has 0 aromatic carbocycles. The van der Waals surface area contributed by atoms with Crippen molar-refractivity contribution in [1.29, 1.82) is 0 Å². The van der Waals surface area contributed by atoms with Gasteiger partial charge in [0.25, 0.3) is 0 Å². The number of rotatable bonds is 36. The highest BCUT2D eigenvalue weighted by molar-refractivity contribution is 7.47. The van der Waals surface area contributed by atoms with Crippen LogP contribution in [0, 0.1) is 11.8 Å². The molecule has 332 valence electrons.